The van der Waals surface area contributed by atoms with Crippen molar-refractivity contribution in [3.63, 3.8) is 0 Å². The molecule has 3 aromatic rings. The Kier molecular flexibility index (Phi) is 7.48. The summed E-state index contributed by atoms with van der Waals surface area (Å²) in [7, 11) is 0. The van der Waals surface area contributed by atoms with Crippen molar-refractivity contribution in [1.29, 1.82) is 10.5 Å². The fraction of sp³-hybridized carbons (Fsp3) is 0.367. The standard InChI is InChI=1S/C30H30FN7O3/c1-18-20(7-8-22(26(18)39)19-5-3-2-4-6-19)15-37-12-10-30(9-11-32,25(31)17-37)38-16-24(27(34)40)28(36-38)35-29(41)23-13-21(23)14-33/h2-8,16,21,23,25,39H,9-10,12-13,15,17H2,1H3,(H2,34,40)(H,35,36,41). The Labute approximate surface area is 236 Å². The highest BCUT2D eigenvalue weighted by atomic mass is 19.1. The topological polar surface area (TPSA) is 161 Å². The number of piperidine rings is 1. The molecule has 2 aliphatic rings. The minimum absolute atomic E-state index is 0.0122. The number of phenolic OH excluding ortho intramolecular Hbond substituents is 1. The van der Waals surface area contributed by atoms with Crippen LogP contribution >= 0.6 is 0 Å². The van der Waals surface area contributed by atoms with Gasteiger partial charge in [0.05, 0.1) is 30.4 Å². The maximum absolute atomic E-state index is 16.1. The summed E-state index contributed by atoms with van der Waals surface area (Å²) in [4.78, 5) is 26.6. The number of nitriles is 2. The van der Waals surface area contributed by atoms with E-state index in [1.165, 1.54) is 10.9 Å². The van der Waals surface area contributed by atoms with E-state index < -0.39 is 35.4 Å². The first-order valence-electron chi connectivity index (χ1n) is 13.4. The van der Waals surface area contributed by atoms with Crippen LogP contribution in [0.25, 0.3) is 11.1 Å². The van der Waals surface area contributed by atoms with E-state index in [-0.39, 0.29) is 36.5 Å². The fourth-order valence-corrected chi connectivity index (χ4v) is 5.53. The summed E-state index contributed by atoms with van der Waals surface area (Å²) < 4.78 is 17.3. The largest absolute Gasteiger partial charge is 0.507 e. The zero-order valence-electron chi connectivity index (χ0n) is 22.5. The van der Waals surface area contributed by atoms with Crippen LogP contribution < -0.4 is 11.1 Å². The zero-order chi connectivity index (χ0) is 29.3. The van der Waals surface area contributed by atoms with Crippen molar-refractivity contribution in [2.75, 3.05) is 18.4 Å². The minimum Gasteiger partial charge on any atom is -0.507 e. The molecule has 11 heteroatoms. The number of hydrogen-bond acceptors (Lipinski definition) is 7. The second-order valence-electron chi connectivity index (χ2n) is 10.8. The average Bonchev–Trinajstić information content (AvgIpc) is 3.64. The summed E-state index contributed by atoms with van der Waals surface area (Å²) in [5, 5.41) is 36.4. The minimum atomic E-state index is -1.54. The van der Waals surface area contributed by atoms with Crippen LogP contribution in [0.4, 0.5) is 10.2 Å². The third-order valence-electron chi connectivity index (χ3n) is 8.24. The van der Waals surface area contributed by atoms with E-state index in [9.17, 15) is 20.0 Å². The van der Waals surface area contributed by atoms with E-state index in [1.807, 2.05) is 60.4 Å². The van der Waals surface area contributed by atoms with Crippen LogP contribution in [0.1, 0.15) is 40.7 Å². The zero-order valence-corrected chi connectivity index (χ0v) is 22.5. The van der Waals surface area contributed by atoms with Gasteiger partial charge in [0, 0.05) is 31.4 Å². The molecule has 1 saturated heterocycles. The first-order valence-corrected chi connectivity index (χ1v) is 13.4. The van der Waals surface area contributed by atoms with E-state index in [0.29, 0.717) is 25.1 Å². The summed E-state index contributed by atoms with van der Waals surface area (Å²) in [5.41, 5.74) is 7.25. The number of anilines is 1. The van der Waals surface area contributed by atoms with Crippen LogP contribution in [0, 0.1) is 41.4 Å². The molecule has 41 heavy (non-hydrogen) atoms. The van der Waals surface area contributed by atoms with Gasteiger partial charge in [-0.05, 0) is 36.5 Å². The lowest BCUT2D eigenvalue weighted by Crippen LogP contribution is -2.54. The van der Waals surface area contributed by atoms with Crippen molar-refractivity contribution in [2.24, 2.45) is 17.6 Å². The number of aromatic nitrogens is 2. The summed E-state index contributed by atoms with van der Waals surface area (Å²) in [6, 6.07) is 17.4. The predicted molar refractivity (Wildman–Crippen MR) is 148 cm³/mol. The molecule has 1 aliphatic carbocycles. The Balaban J connectivity index is 1.35. The van der Waals surface area contributed by atoms with Gasteiger partial charge in [-0.15, -0.1) is 0 Å². The summed E-state index contributed by atoms with van der Waals surface area (Å²) in [5.74, 6) is -2.13. The quantitative estimate of drug-likeness (QED) is 0.382. The Morgan fingerprint density at radius 3 is 2.63 bits per heavy atom. The van der Waals surface area contributed by atoms with Gasteiger partial charge in [0.15, 0.2) is 5.82 Å². The molecule has 4 unspecified atom stereocenters. The monoisotopic (exact) mass is 555 g/mol. The smallest absolute Gasteiger partial charge is 0.254 e. The van der Waals surface area contributed by atoms with Gasteiger partial charge >= 0.3 is 0 Å². The molecule has 2 amide bonds. The molecule has 0 bridgehead atoms. The van der Waals surface area contributed by atoms with Crippen molar-refractivity contribution in [3.05, 3.63) is 65.4 Å². The average molecular weight is 556 g/mol. The van der Waals surface area contributed by atoms with E-state index in [1.54, 1.807) is 0 Å². The number of carbonyl (C=O) groups is 2. The molecule has 4 N–H and O–H groups in total. The lowest BCUT2D eigenvalue weighted by molar-refractivity contribution is -0.117. The summed E-state index contributed by atoms with van der Waals surface area (Å²) in [6.07, 6.45) is 0.170. The Hall–Kier alpha value is -4.74. The molecule has 0 radical (unpaired) electrons. The number of benzene rings is 2. The number of nitrogens with zero attached hydrogens (tertiary/aromatic N) is 5. The first kappa shape index (κ1) is 27.8. The normalized spacial score (nSPS) is 23.8. The van der Waals surface area contributed by atoms with Crippen LogP contribution in [0.15, 0.2) is 48.7 Å². The Morgan fingerprint density at radius 1 is 1.24 bits per heavy atom. The number of primary amides is 1. The number of hydrogen-bond donors (Lipinski definition) is 3. The maximum Gasteiger partial charge on any atom is 0.254 e. The highest BCUT2D eigenvalue weighted by Crippen LogP contribution is 2.40. The molecular weight excluding hydrogens is 525 g/mol. The number of amides is 2. The lowest BCUT2D eigenvalue weighted by Gasteiger charge is -2.43. The number of rotatable bonds is 8. The third kappa shape index (κ3) is 5.24. The van der Waals surface area contributed by atoms with Crippen molar-refractivity contribution in [1.82, 2.24) is 14.7 Å². The Bertz CT molecular complexity index is 1580. The van der Waals surface area contributed by atoms with E-state index in [0.717, 1.165) is 16.7 Å². The summed E-state index contributed by atoms with van der Waals surface area (Å²) >= 11 is 0. The van der Waals surface area contributed by atoms with Gasteiger partial charge in [-0.2, -0.15) is 15.6 Å². The molecule has 2 heterocycles. The Morgan fingerprint density at radius 2 is 2.00 bits per heavy atom. The van der Waals surface area contributed by atoms with Crippen molar-refractivity contribution in [3.8, 4) is 29.0 Å². The number of carbonyl (C=O) groups excluding carboxylic acids is 2. The SMILES string of the molecule is Cc1c(CN2CCC(CC#N)(n3cc(C(N)=O)c(NC(=O)C4CC4C#N)n3)C(F)C2)ccc(-c2ccccc2)c1O. The molecule has 1 aromatic heterocycles. The first-order chi connectivity index (χ1) is 19.7. The van der Waals surface area contributed by atoms with Crippen LogP contribution in [0.5, 0.6) is 5.75 Å². The van der Waals surface area contributed by atoms with E-state index in [4.69, 9.17) is 11.0 Å². The number of alkyl halides is 1. The highest BCUT2D eigenvalue weighted by Gasteiger charge is 2.47. The van der Waals surface area contributed by atoms with Gasteiger partial charge in [0.2, 0.25) is 5.91 Å². The van der Waals surface area contributed by atoms with Crippen LogP contribution in [0.3, 0.4) is 0 Å². The van der Waals surface area contributed by atoms with E-state index in [2.05, 4.69) is 16.5 Å². The molecule has 4 atom stereocenters. The predicted octanol–water partition coefficient (Wildman–Crippen LogP) is 3.61. The number of aromatic hydroxyl groups is 1. The van der Waals surface area contributed by atoms with Gasteiger partial charge in [-0.25, -0.2) is 4.39 Å². The number of halogens is 1. The number of phenols is 1. The molecule has 5 rings (SSSR count). The molecule has 10 nitrogen and oxygen atoms in total. The van der Waals surface area contributed by atoms with Crippen molar-refractivity contribution < 1.29 is 19.1 Å². The molecule has 2 fully saturated rings. The van der Waals surface area contributed by atoms with Gasteiger partial charge < -0.3 is 16.2 Å². The number of likely N-dealkylation sites (tertiary alicyclic amines) is 1. The molecule has 210 valence electrons. The van der Waals surface area contributed by atoms with Gasteiger partial charge in [-0.3, -0.25) is 19.2 Å². The fourth-order valence-electron chi connectivity index (χ4n) is 5.53. The van der Waals surface area contributed by atoms with Gasteiger partial charge in [0.1, 0.15) is 23.0 Å². The second kappa shape index (κ2) is 11.0. The molecular formula is C30H30FN7O3. The third-order valence-corrected chi connectivity index (χ3v) is 8.24. The maximum atomic E-state index is 16.1. The highest BCUT2D eigenvalue weighted by molar-refractivity contribution is 6.03. The lowest BCUT2D eigenvalue weighted by atomic mass is 9.83. The van der Waals surface area contributed by atoms with Crippen LogP contribution in [-0.2, 0) is 16.9 Å². The molecule has 1 saturated carbocycles. The van der Waals surface area contributed by atoms with Gasteiger partial charge in [-0.1, -0.05) is 42.5 Å². The number of nitrogens with one attached hydrogen (secondary N) is 1. The number of nitrogens with two attached hydrogens (primary N) is 1. The van der Waals surface area contributed by atoms with Gasteiger partial charge in [0.25, 0.3) is 5.91 Å². The summed E-state index contributed by atoms with van der Waals surface area (Å²) in [6.45, 7) is 2.63. The van der Waals surface area contributed by atoms with Crippen molar-refractivity contribution in [2.45, 2.75) is 44.4 Å². The molecule has 2 aromatic carbocycles. The molecule has 0 spiro atoms. The van der Waals surface area contributed by atoms with Crippen LogP contribution in [-0.4, -0.2) is 50.9 Å². The van der Waals surface area contributed by atoms with Crippen LogP contribution in [0.2, 0.25) is 0 Å². The van der Waals surface area contributed by atoms with E-state index >= 15 is 4.39 Å². The molecule has 1 aliphatic heterocycles. The van der Waals surface area contributed by atoms with Crippen molar-refractivity contribution >= 4 is 17.6 Å². The second-order valence-corrected chi connectivity index (χ2v) is 10.8.